The number of hydrogen-bond acceptors (Lipinski definition) is 5. The third kappa shape index (κ3) is 7.08. The van der Waals surface area contributed by atoms with Gasteiger partial charge in [0.25, 0.3) is 5.91 Å². The number of benzene rings is 1. The lowest BCUT2D eigenvalue weighted by Gasteiger charge is -2.17. The quantitative estimate of drug-likeness (QED) is 0.404. The molecule has 0 aromatic heterocycles. The van der Waals surface area contributed by atoms with E-state index in [0.29, 0.717) is 12.2 Å². The molecule has 1 aromatic carbocycles. The van der Waals surface area contributed by atoms with Gasteiger partial charge < -0.3 is 14.4 Å². The summed E-state index contributed by atoms with van der Waals surface area (Å²) in [6.45, 7) is 7.04. The number of amides is 1. The van der Waals surface area contributed by atoms with Crippen molar-refractivity contribution in [2.45, 2.75) is 20.0 Å². The Bertz CT molecular complexity index is 421. The minimum atomic E-state index is -0.313. The number of carbonyl (C=O) groups is 1. The van der Waals surface area contributed by atoms with E-state index in [2.05, 4.69) is 10.3 Å². The van der Waals surface area contributed by atoms with E-state index < -0.39 is 0 Å². The Morgan fingerprint density at radius 2 is 1.86 bits per heavy atom. The molecule has 0 aliphatic heterocycles. The third-order valence-electron chi connectivity index (χ3n) is 2.91. The van der Waals surface area contributed by atoms with E-state index in [1.54, 1.807) is 24.3 Å². The summed E-state index contributed by atoms with van der Waals surface area (Å²) in [5, 5.41) is 0. The molecule has 0 heterocycles. The molecule has 0 aliphatic carbocycles. The first-order valence-electron chi connectivity index (χ1n) is 7.07. The maximum absolute atomic E-state index is 11.3. The standard InChI is InChI=1S/C15H25N3O3/c1-12(2)20-10-8-18(3)9-11-21-14-6-4-13(5-7-14)15(19)17-16/h4-7,12H,8-11,16H2,1-3H3,(H,17,19). The number of rotatable bonds is 9. The second-order valence-electron chi connectivity index (χ2n) is 5.07. The van der Waals surface area contributed by atoms with Gasteiger partial charge in [-0.1, -0.05) is 0 Å². The van der Waals surface area contributed by atoms with Crippen LogP contribution in [0, 0.1) is 0 Å². The molecule has 1 amide bonds. The molecule has 3 N–H and O–H groups in total. The number of nitrogens with two attached hydrogens (primary N) is 1. The Hall–Kier alpha value is -1.63. The molecule has 6 nitrogen and oxygen atoms in total. The largest absolute Gasteiger partial charge is 0.492 e. The highest BCUT2D eigenvalue weighted by atomic mass is 16.5. The SMILES string of the molecule is CC(C)OCCN(C)CCOc1ccc(C(=O)NN)cc1. The van der Waals surface area contributed by atoms with Crippen LogP contribution in [0.4, 0.5) is 0 Å². The van der Waals surface area contributed by atoms with Crippen LogP contribution < -0.4 is 16.0 Å². The predicted octanol–water partition coefficient (Wildman–Crippen LogP) is 1.03. The number of nitrogens with zero attached hydrogens (tertiary/aromatic N) is 1. The fourth-order valence-electron chi connectivity index (χ4n) is 1.66. The fourth-order valence-corrected chi connectivity index (χ4v) is 1.66. The van der Waals surface area contributed by atoms with E-state index in [9.17, 15) is 4.79 Å². The lowest BCUT2D eigenvalue weighted by atomic mass is 10.2. The van der Waals surface area contributed by atoms with Gasteiger partial charge in [0.2, 0.25) is 0 Å². The van der Waals surface area contributed by atoms with E-state index in [0.717, 1.165) is 25.4 Å². The van der Waals surface area contributed by atoms with Gasteiger partial charge in [0.15, 0.2) is 0 Å². The number of nitrogen functional groups attached to an aromatic ring is 1. The van der Waals surface area contributed by atoms with Gasteiger partial charge >= 0.3 is 0 Å². The molecule has 0 unspecified atom stereocenters. The molecular formula is C15H25N3O3. The summed E-state index contributed by atoms with van der Waals surface area (Å²) >= 11 is 0. The van der Waals surface area contributed by atoms with Crippen molar-refractivity contribution >= 4 is 5.91 Å². The van der Waals surface area contributed by atoms with Gasteiger partial charge in [0, 0.05) is 18.7 Å². The van der Waals surface area contributed by atoms with Crippen LogP contribution in [0.3, 0.4) is 0 Å². The predicted molar refractivity (Wildman–Crippen MR) is 82.2 cm³/mol. The lowest BCUT2D eigenvalue weighted by molar-refractivity contribution is 0.0616. The molecule has 0 radical (unpaired) electrons. The molecule has 6 heteroatoms. The summed E-state index contributed by atoms with van der Waals surface area (Å²) < 4.78 is 11.1. The number of likely N-dealkylation sites (N-methyl/N-ethyl adjacent to an activating group) is 1. The smallest absolute Gasteiger partial charge is 0.265 e. The van der Waals surface area contributed by atoms with E-state index in [-0.39, 0.29) is 12.0 Å². The molecule has 0 bridgehead atoms. The lowest BCUT2D eigenvalue weighted by Crippen LogP contribution is -2.30. The van der Waals surface area contributed by atoms with Crippen molar-refractivity contribution in [3.63, 3.8) is 0 Å². The van der Waals surface area contributed by atoms with Crippen LogP contribution in [-0.2, 0) is 4.74 Å². The Morgan fingerprint density at radius 1 is 1.24 bits per heavy atom. The summed E-state index contributed by atoms with van der Waals surface area (Å²) in [4.78, 5) is 13.4. The van der Waals surface area contributed by atoms with Crippen LogP contribution >= 0.6 is 0 Å². The highest BCUT2D eigenvalue weighted by Gasteiger charge is 2.04. The molecule has 0 atom stereocenters. The van der Waals surface area contributed by atoms with Crippen LogP contribution in [0.5, 0.6) is 5.75 Å². The monoisotopic (exact) mass is 295 g/mol. The van der Waals surface area contributed by atoms with Crippen molar-refractivity contribution in [3.8, 4) is 5.75 Å². The number of hydrogen-bond donors (Lipinski definition) is 2. The Morgan fingerprint density at radius 3 is 2.43 bits per heavy atom. The number of carbonyl (C=O) groups excluding carboxylic acids is 1. The molecule has 0 aliphatic rings. The number of nitrogens with one attached hydrogen (secondary N) is 1. The zero-order chi connectivity index (χ0) is 15.7. The van der Waals surface area contributed by atoms with Crippen molar-refractivity contribution in [3.05, 3.63) is 29.8 Å². The molecule has 118 valence electrons. The Balaban J connectivity index is 2.24. The minimum Gasteiger partial charge on any atom is -0.492 e. The first-order valence-corrected chi connectivity index (χ1v) is 7.07. The number of ether oxygens (including phenoxy) is 2. The van der Waals surface area contributed by atoms with Crippen molar-refractivity contribution < 1.29 is 14.3 Å². The van der Waals surface area contributed by atoms with Crippen molar-refractivity contribution in [2.24, 2.45) is 5.84 Å². The van der Waals surface area contributed by atoms with Crippen LogP contribution in [0.25, 0.3) is 0 Å². The Labute approximate surface area is 126 Å². The van der Waals surface area contributed by atoms with Crippen molar-refractivity contribution in [1.82, 2.24) is 10.3 Å². The summed E-state index contributed by atoms with van der Waals surface area (Å²) in [5.41, 5.74) is 2.60. The second kappa shape index (κ2) is 9.33. The molecule has 1 aromatic rings. The van der Waals surface area contributed by atoms with Gasteiger partial charge in [-0.15, -0.1) is 0 Å². The average Bonchev–Trinajstić information content (AvgIpc) is 2.46. The van der Waals surface area contributed by atoms with E-state index in [4.69, 9.17) is 15.3 Å². The molecule has 21 heavy (non-hydrogen) atoms. The maximum Gasteiger partial charge on any atom is 0.265 e. The van der Waals surface area contributed by atoms with Gasteiger partial charge in [-0.25, -0.2) is 5.84 Å². The molecule has 0 saturated carbocycles. The topological polar surface area (TPSA) is 76.8 Å². The highest BCUT2D eigenvalue weighted by molar-refractivity contribution is 5.93. The van der Waals surface area contributed by atoms with Gasteiger partial charge in [-0.05, 0) is 45.2 Å². The molecule has 0 fully saturated rings. The van der Waals surface area contributed by atoms with Crippen LogP contribution in [0.15, 0.2) is 24.3 Å². The maximum atomic E-state index is 11.3. The molecule has 0 saturated heterocycles. The average molecular weight is 295 g/mol. The summed E-state index contributed by atoms with van der Waals surface area (Å²) in [6, 6.07) is 6.87. The first kappa shape index (κ1) is 17.4. The van der Waals surface area contributed by atoms with Gasteiger partial charge in [-0.2, -0.15) is 0 Å². The fraction of sp³-hybridized carbons (Fsp3) is 0.533. The first-order chi connectivity index (χ1) is 10.0. The van der Waals surface area contributed by atoms with Crippen LogP contribution in [0.1, 0.15) is 24.2 Å². The van der Waals surface area contributed by atoms with E-state index >= 15 is 0 Å². The van der Waals surface area contributed by atoms with Crippen LogP contribution in [-0.4, -0.2) is 50.3 Å². The molecule has 0 spiro atoms. The zero-order valence-electron chi connectivity index (χ0n) is 13.0. The van der Waals surface area contributed by atoms with E-state index in [1.165, 1.54) is 0 Å². The Kier molecular flexibility index (Phi) is 7.74. The highest BCUT2D eigenvalue weighted by Crippen LogP contribution is 2.11. The van der Waals surface area contributed by atoms with Crippen LogP contribution in [0.2, 0.25) is 0 Å². The summed E-state index contributed by atoms with van der Waals surface area (Å²) in [5.74, 6) is 5.49. The van der Waals surface area contributed by atoms with Gasteiger partial charge in [0.05, 0.1) is 12.7 Å². The van der Waals surface area contributed by atoms with E-state index in [1.807, 2.05) is 20.9 Å². The normalized spacial score (nSPS) is 11.0. The summed E-state index contributed by atoms with van der Waals surface area (Å²) in [6.07, 6.45) is 0.263. The van der Waals surface area contributed by atoms with Gasteiger partial charge in [-0.3, -0.25) is 10.2 Å². The third-order valence-corrected chi connectivity index (χ3v) is 2.91. The molecule has 1 rings (SSSR count). The molecular weight excluding hydrogens is 270 g/mol. The minimum absolute atomic E-state index is 0.263. The zero-order valence-corrected chi connectivity index (χ0v) is 13.0. The second-order valence-corrected chi connectivity index (χ2v) is 5.07. The van der Waals surface area contributed by atoms with Crippen molar-refractivity contribution in [2.75, 3.05) is 33.4 Å². The van der Waals surface area contributed by atoms with Crippen molar-refractivity contribution in [1.29, 1.82) is 0 Å². The number of hydrazine groups is 1. The van der Waals surface area contributed by atoms with Gasteiger partial charge in [0.1, 0.15) is 12.4 Å². The summed E-state index contributed by atoms with van der Waals surface area (Å²) in [7, 11) is 2.03.